The monoisotopic (exact) mass is 281 g/mol. The number of nitrogens with zero attached hydrogens (tertiary/aromatic N) is 2. The van der Waals surface area contributed by atoms with Gasteiger partial charge in [0, 0.05) is 24.4 Å². The van der Waals surface area contributed by atoms with Crippen molar-refractivity contribution in [2.24, 2.45) is 0 Å². The van der Waals surface area contributed by atoms with Crippen molar-refractivity contribution < 1.29 is 4.74 Å². The van der Waals surface area contributed by atoms with Crippen LogP contribution in [0.5, 0.6) is 0 Å². The summed E-state index contributed by atoms with van der Waals surface area (Å²) in [5.41, 5.74) is 4.01. The smallest absolute Gasteiger partial charge is 0.0669 e. The van der Waals surface area contributed by atoms with Gasteiger partial charge >= 0.3 is 0 Å². The number of rotatable bonds is 11. The molecule has 116 valence electrons. The highest BCUT2D eigenvalue weighted by Crippen LogP contribution is 2.16. The van der Waals surface area contributed by atoms with Crippen LogP contribution in [0.2, 0.25) is 0 Å². The Kier molecular flexibility index (Phi) is 8.54. The number of ether oxygens (including phenoxy) is 1. The summed E-state index contributed by atoms with van der Waals surface area (Å²) in [5.74, 6) is 0. The molecule has 20 heavy (non-hydrogen) atoms. The zero-order valence-electron chi connectivity index (χ0n) is 13.7. The lowest BCUT2D eigenvalue weighted by atomic mass is 10.1. The molecule has 0 radical (unpaired) electrons. The number of nitrogens with one attached hydrogen (secondary N) is 1. The highest BCUT2D eigenvalue weighted by molar-refractivity contribution is 5.26. The molecule has 4 heteroatoms. The van der Waals surface area contributed by atoms with Gasteiger partial charge in [0.2, 0.25) is 0 Å². The molecule has 0 aliphatic carbocycles. The second-order valence-corrected chi connectivity index (χ2v) is 5.09. The molecule has 0 unspecified atom stereocenters. The van der Waals surface area contributed by atoms with Crippen molar-refractivity contribution in [2.75, 3.05) is 19.8 Å². The summed E-state index contributed by atoms with van der Waals surface area (Å²) in [6.07, 6.45) is 4.27. The molecule has 0 amide bonds. The van der Waals surface area contributed by atoms with Gasteiger partial charge in [-0.15, -0.1) is 0 Å². The first-order chi connectivity index (χ1) is 9.78. The van der Waals surface area contributed by atoms with Crippen LogP contribution in [0.25, 0.3) is 0 Å². The minimum Gasteiger partial charge on any atom is -0.380 e. The summed E-state index contributed by atoms with van der Waals surface area (Å²) < 4.78 is 7.74. The van der Waals surface area contributed by atoms with E-state index in [0.29, 0.717) is 0 Å². The molecule has 0 spiro atoms. The Labute approximate surface area is 123 Å². The standard InChI is InChI=1S/C16H31N3O/c1-5-9-17-13-14-15(7-3)18-19(16(14)8-4)10-12-20-11-6-2/h17H,5-13H2,1-4H3. The van der Waals surface area contributed by atoms with Crippen molar-refractivity contribution in [3.05, 3.63) is 17.0 Å². The lowest BCUT2D eigenvalue weighted by Crippen LogP contribution is -2.16. The average Bonchev–Trinajstić information content (AvgIpc) is 2.81. The lowest BCUT2D eigenvalue weighted by Gasteiger charge is -2.09. The summed E-state index contributed by atoms with van der Waals surface area (Å²) >= 11 is 0. The Hall–Kier alpha value is -0.870. The third-order valence-corrected chi connectivity index (χ3v) is 3.44. The van der Waals surface area contributed by atoms with Gasteiger partial charge in [-0.05, 0) is 32.2 Å². The van der Waals surface area contributed by atoms with E-state index < -0.39 is 0 Å². The van der Waals surface area contributed by atoms with Crippen molar-refractivity contribution in [1.82, 2.24) is 15.1 Å². The van der Waals surface area contributed by atoms with Crippen molar-refractivity contribution in [3.8, 4) is 0 Å². The first kappa shape index (κ1) is 17.2. The maximum atomic E-state index is 5.59. The Morgan fingerprint density at radius 3 is 2.45 bits per heavy atom. The Bertz CT molecular complexity index is 374. The fourth-order valence-electron chi connectivity index (χ4n) is 2.45. The second kappa shape index (κ2) is 9.94. The van der Waals surface area contributed by atoms with E-state index in [9.17, 15) is 0 Å². The van der Waals surface area contributed by atoms with Crippen LogP contribution in [0.3, 0.4) is 0 Å². The number of aryl methyl sites for hydroxylation is 1. The maximum absolute atomic E-state index is 5.59. The summed E-state index contributed by atoms with van der Waals surface area (Å²) in [6, 6.07) is 0. The molecule has 0 fully saturated rings. The largest absolute Gasteiger partial charge is 0.380 e. The summed E-state index contributed by atoms with van der Waals surface area (Å²) in [4.78, 5) is 0. The van der Waals surface area contributed by atoms with E-state index in [-0.39, 0.29) is 0 Å². The van der Waals surface area contributed by atoms with Gasteiger partial charge in [0.1, 0.15) is 0 Å². The van der Waals surface area contributed by atoms with E-state index >= 15 is 0 Å². The minimum atomic E-state index is 0.757. The Morgan fingerprint density at radius 1 is 1.05 bits per heavy atom. The summed E-state index contributed by atoms with van der Waals surface area (Å²) in [5, 5.41) is 8.28. The molecule has 1 aromatic heterocycles. The van der Waals surface area contributed by atoms with Crippen LogP contribution in [-0.2, 0) is 30.7 Å². The van der Waals surface area contributed by atoms with Crippen LogP contribution < -0.4 is 5.32 Å². The fraction of sp³-hybridized carbons (Fsp3) is 0.812. The highest BCUT2D eigenvalue weighted by Gasteiger charge is 2.14. The molecule has 1 heterocycles. The SMILES string of the molecule is CCCNCc1c(CC)nn(CCOCCC)c1CC. The highest BCUT2D eigenvalue weighted by atomic mass is 16.5. The van der Waals surface area contributed by atoms with Gasteiger partial charge in [-0.3, -0.25) is 4.68 Å². The van der Waals surface area contributed by atoms with E-state index in [1.54, 1.807) is 0 Å². The van der Waals surface area contributed by atoms with Gasteiger partial charge in [0.25, 0.3) is 0 Å². The van der Waals surface area contributed by atoms with Gasteiger partial charge in [0.05, 0.1) is 18.8 Å². The molecule has 0 aliphatic heterocycles. The van der Waals surface area contributed by atoms with Crippen LogP contribution in [0, 0.1) is 0 Å². The van der Waals surface area contributed by atoms with Crippen LogP contribution in [0.15, 0.2) is 0 Å². The Morgan fingerprint density at radius 2 is 1.85 bits per heavy atom. The minimum absolute atomic E-state index is 0.757. The third kappa shape index (κ3) is 4.91. The second-order valence-electron chi connectivity index (χ2n) is 5.09. The van der Waals surface area contributed by atoms with E-state index in [4.69, 9.17) is 9.84 Å². The van der Waals surface area contributed by atoms with Gasteiger partial charge in [-0.2, -0.15) is 5.10 Å². The first-order valence-electron chi connectivity index (χ1n) is 8.14. The van der Waals surface area contributed by atoms with Crippen molar-refractivity contribution in [3.63, 3.8) is 0 Å². The van der Waals surface area contributed by atoms with Crippen LogP contribution >= 0.6 is 0 Å². The van der Waals surface area contributed by atoms with Crippen molar-refractivity contribution >= 4 is 0 Å². The summed E-state index contributed by atoms with van der Waals surface area (Å²) in [6.45, 7) is 13.2. The van der Waals surface area contributed by atoms with Gasteiger partial charge < -0.3 is 10.1 Å². The maximum Gasteiger partial charge on any atom is 0.0669 e. The predicted octanol–water partition coefficient (Wildman–Crippen LogP) is 2.93. The topological polar surface area (TPSA) is 39.1 Å². The summed E-state index contributed by atoms with van der Waals surface area (Å²) in [7, 11) is 0. The quantitative estimate of drug-likeness (QED) is 0.634. The molecule has 1 rings (SSSR count). The van der Waals surface area contributed by atoms with Gasteiger partial charge in [0.15, 0.2) is 0 Å². The molecule has 1 N–H and O–H groups in total. The van der Waals surface area contributed by atoms with Crippen molar-refractivity contribution in [2.45, 2.75) is 66.5 Å². The van der Waals surface area contributed by atoms with Gasteiger partial charge in [-0.25, -0.2) is 0 Å². The fourth-order valence-corrected chi connectivity index (χ4v) is 2.45. The molecular formula is C16H31N3O. The van der Waals surface area contributed by atoms with E-state index in [0.717, 1.165) is 52.1 Å². The molecular weight excluding hydrogens is 250 g/mol. The van der Waals surface area contributed by atoms with E-state index in [1.807, 2.05) is 0 Å². The zero-order chi connectivity index (χ0) is 14.8. The molecule has 0 bridgehead atoms. The van der Waals surface area contributed by atoms with Crippen molar-refractivity contribution in [1.29, 1.82) is 0 Å². The Balaban J connectivity index is 2.73. The zero-order valence-corrected chi connectivity index (χ0v) is 13.7. The van der Waals surface area contributed by atoms with E-state index in [2.05, 4.69) is 37.7 Å². The molecule has 0 aromatic carbocycles. The van der Waals surface area contributed by atoms with Crippen LogP contribution in [0.4, 0.5) is 0 Å². The van der Waals surface area contributed by atoms with E-state index in [1.165, 1.54) is 23.4 Å². The van der Waals surface area contributed by atoms with Crippen LogP contribution in [0.1, 0.15) is 57.5 Å². The average molecular weight is 281 g/mol. The molecule has 0 atom stereocenters. The predicted molar refractivity (Wildman–Crippen MR) is 84.1 cm³/mol. The molecule has 0 saturated carbocycles. The van der Waals surface area contributed by atoms with Gasteiger partial charge in [-0.1, -0.05) is 27.7 Å². The number of hydrogen-bond donors (Lipinski definition) is 1. The molecule has 1 aromatic rings. The molecule has 4 nitrogen and oxygen atoms in total. The first-order valence-corrected chi connectivity index (χ1v) is 8.14. The number of aromatic nitrogens is 2. The third-order valence-electron chi connectivity index (χ3n) is 3.44. The normalized spacial score (nSPS) is 11.2. The molecule has 0 saturated heterocycles. The molecule has 0 aliphatic rings. The number of hydrogen-bond acceptors (Lipinski definition) is 3. The van der Waals surface area contributed by atoms with Crippen LogP contribution in [-0.4, -0.2) is 29.5 Å². The lowest BCUT2D eigenvalue weighted by molar-refractivity contribution is 0.123.